The maximum atomic E-state index is 12.1. The minimum absolute atomic E-state index is 0.154. The van der Waals surface area contributed by atoms with E-state index in [9.17, 15) is 9.59 Å². The van der Waals surface area contributed by atoms with Crippen LogP contribution in [0.3, 0.4) is 0 Å². The van der Waals surface area contributed by atoms with Crippen molar-refractivity contribution in [2.24, 2.45) is 0 Å². The van der Waals surface area contributed by atoms with Gasteiger partial charge in [0.2, 0.25) is 5.95 Å². The molecule has 2 aliphatic rings. The largest absolute Gasteiger partial charge is 0.368 e. The quantitative estimate of drug-likeness (QED) is 0.0897. The predicted octanol–water partition coefficient (Wildman–Crippen LogP) is 6.04. The van der Waals surface area contributed by atoms with Crippen LogP contribution >= 0.6 is 0 Å². The van der Waals surface area contributed by atoms with Gasteiger partial charge < -0.3 is 15.1 Å². The third-order valence-corrected chi connectivity index (χ3v) is 8.83. The van der Waals surface area contributed by atoms with Gasteiger partial charge in [0.25, 0.3) is 0 Å². The van der Waals surface area contributed by atoms with Crippen molar-refractivity contribution < 1.29 is 9.59 Å². The Hall–Kier alpha value is -3.33. The van der Waals surface area contributed by atoms with Crippen LogP contribution in [-0.2, 0) is 9.59 Å². The van der Waals surface area contributed by atoms with E-state index in [0.717, 1.165) is 44.7 Å². The van der Waals surface area contributed by atoms with Gasteiger partial charge in [-0.1, -0.05) is 51.9 Å². The monoisotopic (exact) mass is 575 g/mol. The molecule has 2 aromatic rings. The van der Waals surface area contributed by atoms with Gasteiger partial charge in [0.1, 0.15) is 11.6 Å². The van der Waals surface area contributed by atoms with Crippen LogP contribution in [0, 0.1) is 0 Å². The SMILES string of the molecule is CCCCCCCCN1CCN(c2ccc(Nc3ncc(/C(C)=C(\C=O)C(C)=O)c(N(C)C4CCCC4)n3)nc2)CC1. The first-order chi connectivity index (χ1) is 20.4. The van der Waals surface area contributed by atoms with Gasteiger partial charge in [-0.3, -0.25) is 14.5 Å². The van der Waals surface area contributed by atoms with Crippen molar-refractivity contribution in [2.75, 3.05) is 54.9 Å². The van der Waals surface area contributed by atoms with Gasteiger partial charge in [-0.05, 0) is 57.4 Å². The average Bonchev–Trinajstić information content (AvgIpc) is 3.55. The summed E-state index contributed by atoms with van der Waals surface area (Å²) in [6, 6.07) is 4.44. The van der Waals surface area contributed by atoms with Crippen molar-refractivity contribution in [3.05, 3.63) is 35.7 Å². The van der Waals surface area contributed by atoms with Gasteiger partial charge in [-0.25, -0.2) is 9.97 Å². The molecule has 0 radical (unpaired) electrons. The van der Waals surface area contributed by atoms with Crippen molar-refractivity contribution in [1.29, 1.82) is 0 Å². The molecule has 0 amide bonds. The number of pyridine rings is 1. The Bertz CT molecular complexity index is 1200. The molecule has 1 N–H and O–H groups in total. The first kappa shape index (κ1) is 31.6. The van der Waals surface area contributed by atoms with E-state index in [4.69, 9.17) is 4.98 Å². The highest BCUT2D eigenvalue weighted by Gasteiger charge is 2.25. The molecular formula is C33H49N7O2. The number of carbonyl (C=O) groups is 2. The summed E-state index contributed by atoms with van der Waals surface area (Å²) in [4.78, 5) is 45.0. The number of unbranched alkanes of at least 4 members (excludes halogenated alkanes) is 5. The summed E-state index contributed by atoms with van der Waals surface area (Å²) in [5, 5.41) is 3.26. The van der Waals surface area contributed by atoms with E-state index < -0.39 is 0 Å². The van der Waals surface area contributed by atoms with Crippen LogP contribution in [0.2, 0.25) is 0 Å². The number of anilines is 4. The molecule has 2 fully saturated rings. The van der Waals surface area contributed by atoms with E-state index in [2.05, 4.69) is 43.0 Å². The Morgan fingerprint density at radius 1 is 1.00 bits per heavy atom. The molecule has 228 valence electrons. The molecule has 9 heteroatoms. The predicted molar refractivity (Wildman–Crippen MR) is 172 cm³/mol. The van der Waals surface area contributed by atoms with Crippen LogP contribution in [0.25, 0.3) is 5.57 Å². The summed E-state index contributed by atoms with van der Waals surface area (Å²) in [7, 11) is 2.04. The number of rotatable bonds is 15. The normalized spacial score (nSPS) is 16.8. The Morgan fingerprint density at radius 3 is 2.36 bits per heavy atom. The number of ketones is 1. The first-order valence-corrected chi connectivity index (χ1v) is 15.9. The lowest BCUT2D eigenvalue weighted by molar-refractivity contribution is -0.115. The van der Waals surface area contributed by atoms with Gasteiger partial charge >= 0.3 is 0 Å². The maximum Gasteiger partial charge on any atom is 0.230 e. The topological polar surface area (TPSA) is 94.6 Å². The molecule has 1 aliphatic heterocycles. The van der Waals surface area contributed by atoms with Crippen LogP contribution in [0.15, 0.2) is 30.1 Å². The van der Waals surface area contributed by atoms with Crippen LogP contribution in [0.1, 0.15) is 90.5 Å². The maximum absolute atomic E-state index is 12.1. The summed E-state index contributed by atoms with van der Waals surface area (Å²) in [6.45, 7) is 10.9. The number of aromatic nitrogens is 3. The standard InChI is InChI=1S/C33H49N7O2/c1-5-6-7-8-9-12-17-39-18-20-40(21-19-39)28-15-16-31(34-22-28)36-33-35-23-29(25(2)30(24-41)26(3)42)32(37-33)38(4)27-13-10-11-14-27/h15-16,22-24,27H,5-14,17-21H2,1-4H3,(H,34,35,36,37)/b30-25+. The lowest BCUT2D eigenvalue weighted by Gasteiger charge is -2.36. The number of aldehydes is 1. The zero-order valence-corrected chi connectivity index (χ0v) is 26.1. The van der Waals surface area contributed by atoms with Crippen LogP contribution in [0.4, 0.5) is 23.3 Å². The summed E-state index contributed by atoms with van der Waals surface area (Å²) < 4.78 is 0. The van der Waals surface area contributed by atoms with E-state index in [1.165, 1.54) is 64.8 Å². The molecule has 4 rings (SSSR count). The zero-order valence-electron chi connectivity index (χ0n) is 26.1. The average molecular weight is 576 g/mol. The second-order valence-electron chi connectivity index (χ2n) is 11.8. The van der Waals surface area contributed by atoms with Gasteiger partial charge in [-0.15, -0.1) is 0 Å². The number of nitrogens with one attached hydrogen (secondary N) is 1. The molecule has 1 saturated heterocycles. The van der Waals surface area contributed by atoms with E-state index >= 15 is 0 Å². The van der Waals surface area contributed by atoms with E-state index in [1.54, 1.807) is 13.1 Å². The molecule has 0 spiro atoms. The zero-order chi connectivity index (χ0) is 29.9. The van der Waals surface area contributed by atoms with Gasteiger partial charge in [0.15, 0.2) is 12.1 Å². The number of Topliss-reactive ketones (excluding diaryl/α,β-unsaturated/α-hetero) is 1. The third kappa shape index (κ3) is 8.37. The molecule has 9 nitrogen and oxygen atoms in total. The van der Waals surface area contributed by atoms with Crippen molar-refractivity contribution in [3.8, 4) is 0 Å². The third-order valence-electron chi connectivity index (χ3n) is 8.83. The Balaban J connectivity index is 1.39. The van der Waals surface area contributed by atoms with E-state index in [0.29, 0.717) is 41.0 Å². The van der Waals surface area contributed by atoms with Gasteiger partial charge in [-0.2, -0.15) is 4.98 Å². The van der Waals surface area contributed by atoms with Crippen LogP contribution in [0.5, 0.6) is 0 Å². The lowest BCUT2D eigenvalue weighted by Crippen LogP contribution is -2.46. The Labute approximate surface area is 251 Å². The fraction of sp³-hybridized carbons (Fsp3) is 0.606. The second kappa shape index (κ2) is 15.8. The molecule has 0 atom stereocenters. The van der Waals surface area contributed by atoms with Crippen molar-refractivity contribution >= 4 is 40.9 Å². The number of hydrogen-bond donors (Lipinski definition) is 1. The van der Waals surface area contributed by atoms with Gasteiger partial charge in [0, 0.05) is 51.0 Å². The lowest BCUT2D eigenvalue weighted by atomic mass is 10.0. The van der Waals surface area contributed by atoms with Gasteiger partial charge in [0.05, 0.1) is 17.5 Å². The van der Waals surface area contributed by atoms with Crippen molar-refractivity contribution in [3.63, 3.8) is 0 Å². The summed E-state index contributed by atoms with van der Waals surface area (Å²) in [6.07, 6.45) is 16.9. The Morgan fingerprint density at radius 2 is 1.71 bits per heavy atom. The molecule has 0 unspecified atom stereocenters. The molecule has 1 aliphatic carbocycles. The molecule has 42 heavy (non-hydrogen) atoms. The fourth-order valence-electron chi connectivity index (χ4n) is 6.12. The summed E-state index contributed by atoms with van der Waals surface area (Å²) in [5.74, 6) is 1.56. The smallest absolute Gasteiger partial charge is 0.230 e. The number of nitrogens with zero attached hydrogens (tertiary/aromatic N) is 6. The van der Waals surface area contributed by atoms with E-state index in [-0.39, 0.29) is 11.4 Å². The molecule has 2 aromatic heterocycles. The van der Waals surface area contributed by atoms with E-state index in [1.807, 2.05) is 19.3 Å². The Kier molecular flexibility index (Phi) is 11.9. The highest BCUT2D eigenvalue weighted by atomic mass is 16.1. The summed E-state index contributed by atoms with van der Waals surface area (Å²) in [5.41, 5.74) is 2.58. The molecule has 0 aromatic carbocycles. The first-order valence-electron chi connectivity index (χ1n) is 15.9. The highest BCUT2D eigenvalue weighted by molar-refractivity contribution is 6.17. The van der Waals surface area contributed by atoms with Crippen LogP contribution < -0.4 is 15.1 Å². The van der Waals surface area contributed by atoms with Crippen molar-refractivity contribution in [1.82, 2.24) is 19.9 Å². The molecular weight excluding hydrogens is 526 g/mol. The number of carbonyl (C=O) groups excluding carboxylic acids is 2. The highest BCUT2D eigenvalue weighted by Crippen LogP contribution is 2.33. The van der Waals surface area contributed by atoms with Crippen LogP contribution in [-0.4, -0.2) is 77.7 Å². The van der Waals surface area contributed by atoms with Crippen molar-refractivity contribution in [2.45, 2.75) is 91.0 Å². The minimum Gasteiger partial charge on any atom is -0.368 e. The number of piperazine rings is 1. The summed E-state index contributed by atoms with van der Waals surface area (Å²) >= 11 is 0. The number of allylic oxidation sites excluding steroid dienone is 2. The molecule has 3 heterocycles. The number of hydrogen-bond acceptors (Lipinski definition) is 9. The second-order valence-corrected chi connectivity index (χ2v) is 11.8. The fourth-order valence-corrected chi connectivity index (χ4v) is 6.12. The molecule has 0 bridgehead atoms. The minimum atomic E-state index is -0.261. The molecule has 1 saturated carbocycles.